The van der Waals surface area contributed by atoms with Crippen LogP contribution < -0.4 is 5.32 Å². The second-order valence-electron chi connectivity index (χ2n) is 5.64. The molecule has 2 aromatic heterocycles. The van der Waals surface area contributed by atoms with Crippen LogP contribution in [-0.4, -0.2) is 45.9 Å². The first kappa shape index (κ1) is 12.3. The molecule has 2 aliphatic heterocycles. The highest BCUT2D eigenvalue weighted by molar-refractivity contribution is 9.10. The number of hydrogen-bond donors (Lipinski definition) is 1. The van der Waals surface area contributed by atoms with Crippen molar-refractivity contribution in [3.05, 3.63) is 34.7 Å². The van der Waals surface area contributed by atoms with Gasteiger partial charge in [-0.25, -0.2) is 4.98 Å². The minimum Gasteiger partial charge on any atom is -0.348 e. The molecular weight excluding hydrogens is 320 g/mol. The molecule has 5 nitrogen and oxygen atoms in total. The molecular formula is C14H15BrN4O. The molecule has 4 heterocycles. The second-order valence-corrected chi connectivity index (χ2v) is 6.45. The van der Waals surface area contributed by atoms with Crippen LogP contribution in [0.25, 0.3) is 5.65 Å². The third-order valence-electron chi connectivity index (χ3n) is 4.33. The maximum atomic E-state index is 12.4. The van der Waals surface area contributed by atoms with Crippen molar-refractivity contribution in [2.75, 3.05) is 19.6 Å². The van der Waals surface area contributed by atoms with Gasteiger partial charge in [0.05, 0.1) is 5.56 Å². The van der Waals surface area contributed by atoms with Gasteiger partial charge in [-0.05, 0) is 46.9 Å². The highest BCUT2D eigenvalue weighted by atomic mass is 79.9. The first-order valence-electron chi connectivity index (χ1n) is 6.86. The lowest BCUT2D eigenvalue weighted by Crippen LogP contribution is -2.43. The fraction of sp³-hybridized carbons (Fsp3) is 0.429. The maximum absolute atomic E-state index is 12.4. The highest BCUT2D eigenvalue weighted by Gasteiger charge is 2.38. The molecule has 2 aliphatic rings. The fourth-order valence-electron chi connectivity index (χ4n) is 3.29. The van der Waals surface area contributed by atoms with Crippen LogP contribution in [0.5, 0.6) is 0 Å². The SMILES string of the molecule is O=C(NC1CN2CCC1C2)c1ccc2nc(Br)cn2c1. The zero-order chi connectivity index (χ0) is 13.7. The molecule has 0 spiro atoms. The number of nitrogens with zero attached hydrogens (tertiary/aromatic N) is 3. The Hall–Kier alpha value is -1.40. The molecule has 20 heavy (non-hydrogen) atoms. The van der Waals surface area contributed by atoms with Crippen molar-refractivity contribution in [1.82, 2.24) is 19.6 Å². The van der Waals surface area contributed by atoms with Gasteiger partial charge in [0.15, 0.2) is 0 Å². The van der Waals surface area contributed by atoms with Crippen LogP contribution in [0, 0.1) is 5.92 Å². The van der Waals surface area contributed by atoms with E-state index in [1.54, 1.807) is 0 Å². The third-order valence-corrected chi connectivity index (χ3v) is 4.72. The number of aromatic nitrogens is 2. The first-order valence-corrected chi connectivity index (χ1v) is 7.66. The average Bonchev–Trinajstić information content (AvgIpc) is 3.10. The predicted octanol–water partition coefficient (Wildman–Crippen LogP) is 1.53. The summed E-state index contributed by atoms with van der Waals surface area (Å²) in [6.07, 6.45) is 4.89. The van der Waals surface area contributed by atoms with Crippen LogP contribution >= 0.6 is 15.9 Å². The summed E-state index contributed by atoms with van der Waals surface area (Å²) < 4.78 is 2.64. The van der Waals surface area contributed by atoms with E-state index in [1.807, 2.05) is 28.9 Å². The molecule has 0 radical (unpaired) electrons. The molecule has 6 heteroatoms. The number of carbonyl (C=O) groups excluding carboxylic acids is 1. The summed E-state index contributed by atoms with van der Waals surface area (Å²) in [4.78, 5) is 19.1. The number of carbonyl (C=O) groups is 1. The number of fused-ring (bicyclic) bond motifs is 3. The number of amides is 1. The zero-order valence-electron chi connectivity index (χ0n) is 10.9. The van der Waals surface area contributed by atoms with E-state index in [1.165, 1.54) is 13.0 Å². The third kappa shape index (κ3) is 2.03. The van der Waals surface area contributed by atoms with E-state index in [2.05, 4.69) is 31.1 Å². The molecule has 2 fully saturated rings. The van der Waals surface area contributed by atoms with Gasteiger partial charge in [0, 0.05) is 31.5 Å². The Kier molecular flexibility index (Phi) is 2.82. The van der Waals surface area contributed by atoms with Crippen LogP contribution in [-0.2, 0) is 0 Å². The molecule has 104 valence electrons. The number of pyridine rings is 1. The standard InChI is InChI=1S/C14H15BrN4O/c15-12-8-19-6-10(1-2-13(19)17-12)14(20)16-11-7-18-4-3-9(11)5-18/h1-2,6,8-9,11H,3-5,7H2,(H,16,20). The number of imidazole rings is 1. The van der Waals surface area contributed by atoms with E-state index >= 15 is 0 Å². The molecule has 0 aromatic carbocycles. The molecule has 2 saturated heterocycles. The summed E-state index contributed by atoms with van der Waals surface area (Å²) in [6.45, 7) is 3.32. The van der Waals surface area contributed by atoms with Crippen LogP contribution in [0.3, 0.4) is 0 Å². The molecule has 0 aliphatic carbocycles. The fourth-order valence-corrected chi connectivity index (χ4v) is 3.70. The number of rotatable bonds is 2. The Morgan fingerprint density at radius 1 is 1.35 bits per heavy atom. The molecule has 4 rings (SSSR count). The van der Waals surface area contributed by atoms with Gasteiger partial charge < -0.3 is 14.6 Å². The van der Waals surface area contributed by atoms with Gasteiger partial charge in [0.2, 0.25) is 0 Å². The number of halogens is 1. The molecule has 1 amide bonds. The number of piperidine rings is 1. The highest BCUT2D eigenvalue weighted by Crippen LogP contribution is 2.27. The predicted molar refractivity (Wildman–Crippen MR) is 78.7 cm³/mol. The van der Waals surface area contributed by atoms with Crippen LogP contribution in [0.4, 0.5) is 0 Å². The van der Waals surface area contributed by atoms with Crippen molar-refractivity contribution in [1.29, 1.82) is 0 Å². The molecule has 1 N–H and O–H groups in total. The van der Waals surface area contributed by atoms with Crippen molar-refractivity contribution < 1.29 is 4.79 Å². The lowest BCUT2D eigenvalue weighted by Gasteiger charge is -2.23. The summed E-state index contributed by atoms with van der Waals surface area (Å²) in [6, 6.07) is 4.00. The van der Waals surface area contributed by atoms with E-state index in [0.717, 1.165) is 23.3 Å². The summed E-state index contributed by atoms with van der Waals surface area (Å²) in [5, 5.41) is 3.17. The van der Waals surface area contributed by atoms with Gasteiger partial charge >= 0.3 is 0 Å². The van der Waals surface area contributed by atoms with Gasteiger partial charge in [-0.15, -0.1) is 0 Å². The van der Waals surface area contributed by atoms with E-state index < -0.39 is 0 Å². The summed E-state index contributed by atoms with van der Waals surface area (Å²) in [5.41, 5.74) is 1.51. The van der Waals surface area contributed by atoms with Crippen molar-refractivity contribution >= 4 is 27.5 Å². The monoisotopic (exact) mass is 334 g/mol. The lowest BCUT2D eigenvalue weighted by molar-refractivity contribution is 0.0924. The smallest absolute Gasteiger partial charge is 0.253 e. The van der Waals surface area contributed by atoms with Gasteiger partial charge in [0.1, 0.15) is 10.3 Å². The second kappa shape index (κ2) is 4.56. The van der Waals surface area contributed by atoms with Gasteiger partial charge in [-0.3, -0.25) is 4.79 Å². The lowest BCUT2D eigenvalue weighted by atomic mass is 10.00. The summed E-state index contributed by atoms with van der Waals surface area (Å²) >= 11 is 3.34. The van der Waals surface area contributed by atoms with Crippen LogP contribution in [0.2, 0.25) is 0 Å². The van der Waals surface area contributed by atoms with E-state index in [-0.39, 0.29) is 5.91 Å². The normalized spacial score (nSPS) is 28.1. The minimum absolute atomic E-state index is 0.00970. The van der Waals surface area contributed by atoms with Crippen molar-refractivity contribution in [3.8, 4) is 0 Å². The maximum Gasteiger partial charge on any atom is 0.253 e. The Bertz CT molecular complexity index is 683. The Morgan fingerprint density at radius 3 is 3.00 bits per heavy atom. The number of nitrogens with one attached hydrogen (secondary N) is 1. The van der Waals surface area contributed by atoms with E-state index in [4.69, 9.17) is 0 Å². The minimum atomic E-state index is 0.00970. The average molecular weight is 335 g/mol. The van der Waals surface area contributed by atoms with Crippen LogP contribution in [0.15, 0.2) is 29.1 Å². The Labute approximate surface area is 125 Å². The van der Waals surface area contributed by atoms with E-state index in [0.29, 0.717) is 17.5 Å². The van der Waals surface area contributed by atoms with Gasteiger partial charge in [-0.1, -0.05) is 0 Å². The van der Waals surface area contributed by atoms with Crippen LogP contribution in [0.1, 0.15) is 16.8 Å². The summed E-state index contributed by atoms with van der Waals surface area (Å²) in [5.74, 6) is 0.639. The number of hydrogen-bond acceptors (Lipinski definition) is 3. The quantitative estimate of drug-likeness (QED) is 0.906. The summed E-state index contributed by atoms with van der Waals surface area (Å²) in [7, 11) is 0. The largest absolute Gasteiger partial charge is 0.348 e. The molecule has 0 saturated carbocycles. The van der Waals surface area contributed by atoms with Gasteiger partial charge in [0.25, 0.3) is 5.91 Å². The zero-order valence-corrected chi connectivity index (χ0v) is 12.5. The topological polar surface area (TPSA) is 49.6 Å². The molecule has 3 atom stereocenters. The Morgan fingerprint density at radius 2 is 2.25 bits per heavy atom. The first-order chi connectivity index (χ1) is 9.69. The molecule has 2 aromatic rings. The van der Waals surface area contributed by atoms with Crippen molar-refractivity contribution in [2.45, 2.75) is 12.5 Å². The van der Waals surface area contributed by atoms with Crippen molar-refractivity contribution in [2.24, 2.45) is 5.92 Å². The Balaban J connectivity index is 1.54. The molecule has 3 unspecified atom stereocenters. The van der Waals surface area contributed by atoms with Gasteiger partial charge in [-0.2, -0.15) is 0 Å². The molecule has 2 bridgehead atoms. The van der Waals surface area contributed by atoms with Crippen molar-refractivity contribution in [3.63, 3.8) is 0 Å². The van der Waals surface area contributed by atoms with E-state index in [9.17, 15) is 4.79 Å².